The molecule has 2 nitrogen and oxygen atoms in total. The molecule has 0 spiro atoms. The van der Waals surface area contributed by atoms with Crippen LogP contribution in [0.5, 0.6) is 0 Å². The van der Waals surface area contributed by atoms with Gasteiger partial charge in [0.2, 0.25) is 0 Å². The van der Waals surface area contributed by atoms with Gasteiger partial charge in [0.05, 0.1) is 0 Å². The zero-order chi connectivity index (χ0) is 10.6. The molecule has 1 aliphatic heterocycles. The first-order valence-electron chi connectivity index (χ1n) is 6.10. The van der Waals surface area contributed by atoms with Crippen LogP contribution in [-0.4, -0.2) is 36.1 Å². The Hall–Kier alpha value is -0.0800. The molecule has 84 valence electrons. The smallest absolute Gasteiger partial charge is 0.0277 e. The van der Waals surface area contributed by atoms with E-state index in [9.17, 15) is 0 Å². The largest absolute Gasteiger partial charge is 0.310 e. The summed E-state index contributed by atoms with van der Waals surface area (Å²) in [7, 11) is 0. The maximum Gasteiger partial charge on any atom is 0.0277 e. The van der Waals surface area contributed by atoms with E-state index in [-0.39, 0.29) is 0 Å². The van der Waals surface area contributed by atoms with Crippen LogP contribution in [0.25, 0.3) is 0 Å². The molecule has 0 aromatic rings. The first kappa shape index (κ1) is 12.0. The summed E-state index contributed by atoms with van der Waals surface area (Å²) in [4.78, 5) is 2.64. The van der Waals surface area contributed by atoms with E-state index >= 15 is 0 Å². The van der Waals surface area contributed by atoms with Crippen LogP contribution in [0.1, 0.15) is 47.0 Å². The SMILES string of the molecule is CCCN1CC(C)(CC)NCCC1C. The molecule has 0 radical (unpaired) electrons. The molecule has 0 aromatic carbocycles. The van der Waals surface area contributed by atoms with Crippen molar-refractivity contribution in [3.63, 3.8) is 0 Å². The summed E-state index contributed by atoms with van der Waals surface area (Å²) in [6, 6.07) is 0.746. The zero-order valence-electron chi connectivity index (χ0n) is 10.3. The normalized spacial score (nSPS) is 35.6. The van der Waals surface area contributed by atoms with Crippen LogP contribution in [0.4, 0.5) is 0 Å². The van der Waals surface area contributed by atoms with Crippen molar-refractivity contribution in [2.45, 2.75) is 58.5 Å². The van der Waals surface area contributed by atoms with Crippen molar-refractivity contribution in [3.05, 3.63) is 0 Å². The van der Waals surface area contributed by atoms with Gasteiger partial charge in [-0.05, 0) is 46.2 Å². The van der Waals surface area contributed by atoms with E-state index in [2.05, 4.69) is 37.9 Å². The molecule has 1 heterocycles. The first-order chi connectivity index (χ1) is 6.61. The second kappa shape index (κ2) is 5.13. The molecule has 0 aromatic heterocycles. The zero-order valence-corrected chi connectivity index (χ0v) is 10.3. The Bertz CT molecular complexity index is 170. The number of hydrogen-bond donors (Lipinski definition) is 1. The Morgan fingerprint density at radius 1 is 1.43 bits per heavy atom. The molecule has 14 heavy (non-hydrogen) atoms. The van der Waals surface area contributed by atoms with Crippen molar-refractivity contribution in [1.82, 2.24) is 10.2 Å². The quantitative estimate of drug-likeness (QED) is 0.748. The van der Waals surface area contributed by atoms with Gasteiger partial charge in [0.1, 0.15) is 0 Å². The molecule has 0 bridgehead atoms. The van der Waals surface area contributed by atoms with E-state index in [1.807, 2.05) is 0 Å². The van der Waals surface area contributed by atoms with E-state index < -0.39 is 0 Å². The molecule has 0 aliphatic carbocycles. The predicted octanol–water partition coefficient (Wildman–Crippen LogP) is 2.25. The summed E-state index contributed by atoms with van der Waals surface area (Å²) in [5.74, 6) is 0. The Kier molecular flexibility index (Phi) is 4.39. The van der Waals surface area contributed by atoms with Gasteiger partial charge in [-0.3, -0.25) is 4.90 Å². The van der Waals surface area contributed by atoms with Gasteiger partial charge >= 0.3 is 0 Å². The number of hydrogen-bond acceptors (Lipinski definition) is 2. The lowest BCUT2D eigenvalue weighted by Crippen LogP contribution is -2.49. The number of nitrogens with one attached hydrogen (secondary N) is 1. The highest BCUT2D eigenvalue weighted by molar-refractivity contribution is 4.90. The minimum Gasteiger partial charge on any atom is -0.310 e. The van der Waals surface area contributed by atoms with E-state index in [0.29, 0.717) is 5.54 Å². The lowest BCUT2D eigenvalue weighted by atomic mass is 9.98. The van der Waals surface area contributed by atoms with Crippen LogP contribution >= 0.6 is 0 Å². The molecular weight excluding hydrogens is 172 g/mol. The average Bonchev–Trinajstić information content (AvgIpc) is 2.29. The molecule has 1 aliphatic rings. The van der Waals surface area contributed by atoms with Crippen LogP contribution < -0.4 is 5.32 Å². The Labute approximate surface area is 89.1 Å². The molecule has 1 fully saturated rings. The predicted molar refractivity (Wildman–Crippen MR) is 62.6 cm³/mol. The molecule has 0 saturated carbocycles. The monoisotopic (exact) mass is 198 g/mol. The molecule has 1 rings (SSSR count). The second-order valence-electron chi connectivity index (χ2n) is 4.95. The summed E-state index contributed by atoms with van der Waals surface area (Å²) in [5.41, 5.74) is 0.333. The summed E-state index contributed by atoms with van der Waals surface area (Å²) in [6.07, 6.45) is 3.78. The van der Waals surface area contributed by atoms with Crippen molar-refractivity contribution in [1.29, 1.82) is 0 Å². The van der Waals surface area contributed by atoms with E-state index in [4.69, 9.17) is 0 Å². The van der Waals surface area contributed by atoms with Gasteiger partial charge < -0.3 is 5.32 Å². The summed E-state index contributed by atoms with van der Waals surface area (Å²) in [6.45, 7) is 12.9. The maximum atomic E-state index is 3.68. The van der Waals surface area contributed by atoms with Crippen LogP contribution in [0.15, 0.2) is 0 Å². The summed E-state index contributed by atoms with van der Waals surface area (Å²) >= 11 is 0. The fourth-order valence-electron chi connectivity index (χ4n) is 2.25. The average molecular weight is 198 g/mol. The van der Waals surface area contributed by atoms with Crippen LogP contribution in [0.3, 0.4) is 0 Å². The highest BCUT2D eigenvalue weighted by Crippen LogP contribution is 2.18. The molecule has 2 unspecified atom stereocenters. The van der Waals surface area contributed by atoms with Crippen LogP contribution in [0.2, 0.25) is 0 Å². The molecular formula is C12H26N2. The standard InChI is InChI=1S/C12H26N2/c1-5-9-14-10-12(4,6-2)13-8-7-11(14)3/h11,13H,5-10H2,1-4H3. The van der Waals surface area contributed by atoms with Crippen LogP contribution in [0, 0.1) is 0 Å². The summed E-state index contributed by atoms with van der Waals surface area (Å²) < 4.78 is 0. The molecule has 0 amide bonds. The molecule has 1 saturated heterocycles. The molecule has 1 N–H and O–H groups in total. The highest BCUT2D eigenvalue weighted by atomic mass is 15.2. The fraction of sp³-hybridized carbons (Fsp3) is 1.00. The van der Waals surface area contributed by atoms with Gasteiger partial charge in [0.25, 0.3) is 0 Å². The van der Waals surface area contributed by atoms with E-state index in [1.165, 1.54) is 38.9 Å². The lowest BCUT2D eigenvalue weighted by Gasteiger charge is -2.34. The first-order valence-corrected chi connectivity index (χ1v) is 6.10. The summed E-state index contributed by atoms with van der Waals surface area (Å²) in [5, 5.41) is 3.68. The molecule has 2 atom stereocenters. The number of rotatable bonds is 3. The Balaban J connectivity index is 2.61. The van der Waals surface area contributed by atoms with E-state index in [1.54, 1.807) is 0 Å². The third kappa shape index (κ3) is 2.96. The van der Waals surface area contributed by atoms with Gasteiger partial charge in [-0.1, -0.05) is 13.8 Å². The lowest BCUT2D eigenvalue weighted by molar-refractivity contribution is 0.172. The van der Waals surface area contributed by atoms with Gasteiger partial charge in [-0.15, -0.1) is 0 Å². The van der Waals surface area contributed by atoms with Crippen molar-refractivity contribution in [2.24, 2.45) is 0 Å². The maximum absolute atomic E-state index is 3.68. The Morgan fingerprint density at radius 3 is 2.71 bits per heavy atom. The van der Waals surface area contributed by atoms with Gasteiger partial charge in [0.15, 0.2) is 0 Å². The second-order valence-corrected chi connectivity index (χ2v) is 4.95. The highest BCUT2D eigenvalue weighted by Gasteiger charge is 2.29. The number of nitrogens with zero attached hydrogens (tertiary/aromatic N) is 1. The fourth-order valence-corrected chi connectivity index (χ4v) is 2.25. The minimum atomic E-state index is 0.333. The minimum absolute atomic E-state index is 0.333. The van der Waals surface area contributed by atoms with Crippen LogP contribution in [-0.2, 0) is 0 Å². The Morgan fingerprint density at radius 2 is 2.14 bits per heavy atom. The third-order valence-corrected chi connectivity index (χ3v) is 3.58. The van der Waals surface area contributed by atoms with Crippen molar-refractivity contribution in [2.75, 3.05) is 19.6 Å². The van der Waals surface area contributed by atoms with Gasteiger partial charge in [-0.25, -0.2) is 0 Å². The van der Waals surface area contributed by atoms with Crippen molar-refractivity contribution >= 4 is 0 Å². The molecule has 2 heteroatoms. The topological polar surface area (TPSA) is 15.3 Å². The van der Waals surface area contributed by atoms with Gasteiger partial charge in [-0.2, -0.15) is 0 Å². The van der Waals surface area contributed by atoms with E-state index in [0.717, 1.165) is 6.04 Å². The third-order valence-electron chi connectivity index (χ3n) is 3.58. The van der Waals surface area contributed by atoms with Gasteiger partial charge in [0, 0.05) is 18.1 Å². The van der Waals surface area contributed by atoms with Crippen molar-refractivity contribution < 1.29 is 0 Å². The van der Waals surface area contributed by atoms with Crippen molar-refractivity contribution in [3.8, 4) is 0 Å².